The molecule has 2 aromatic rings. The molecule has 0 aliphatic carbocycles. The van der Waals surface area contributed by atoms with Crippen LogP contribution in [0, 0.1) is 0 Å². The molecular formula is C21H22N2O4S2. The highest BCUT2D eigenvalue weighted by molar-refractivity contribution is 8.15. The molecule has 0 N–H and O–H groups in total. The predicted molar refractivity (Wildman–Crippen MR) is 115 cm³/mol. The second-order valence-corrected chi connectivity index (χ2v) is 10.6. The van der Waals surface area contributed by atoms with Crippen molar-refractivity contribution in [2.24, 2.45) is 4.99 Å². The second kappa shape index (κ2) is 8.20. The molecule has 2 fully saturated rings. The van der Waals surface area contributed by atoms with Crippen LogP contribution in [0.3, 0.4) is 0 Å². The molecule has 152 valence electrons. The number of amidine groups is 1. The molecule has 6 nitrogen and oxygen atoms in total. The van der Waals surface area contributed by atoms with Crippen LogP contribution in [0.25, 0.3) is 0 Å². The maximum absolute atomic E-state index is 12.5. The van der Waals surface area contributed by atoms with Crippen molar-refractivity contribution in [2.45, 2.75) is 24.3 Å². The molecule has 2 saturated heterocycles. The van der Waals surface area contributed by atoms with Gasteiger partial charge in [0.15, 0.2) is 15.0 Å². The van der Waals surface area contributed by atoms with Crippen molar-refractivity contribution in [3.8, 4) is 5.75 Å². The number of rotatable bonds is 5. The van der Waals surface area contributed by atoms with Crippen molar-refractivity contribution in [2.75, 3.05) is 18.6 Å². The Hall–Kier alpha value is -2.32. The number of ether oxygens (including phenoxy) is 1. The summed E-state index contributed by atoms with van der Waals surface area (Å²) >= 11 is 1.41. The first-order chi connectivity index (χ1) is 13.9. The van der Waals surface area contributed by atoms with E-state index in [2.05, 4.69) is 4.99 Å². The number of fused-ring (bicyclic) bond motifs is 1. The van der Waals surface area contributed by atoms with Crippen LogP contribution in [0.2, 0.25) is 0 Å². The standard InChI is InChI=1S/C21H22N2O4S2/c1-27-17-9-7-16(8-10-17)12-23-18-13-29(25,26)14-19(18)28-21(23)22-20(24)11-15-5-3-2-4-6-15/h2-10,18-19H,11-14H2,1H3/t18-,19-/m1/s1. The van der Waals surface area contributed by atoms with Crippen molar-refractivity contribution in [1.29, 1.82) is 0 Å². The van der Waals surface area contributed by atoms with Crippen LogP contribution in [-0.2, 0) is 27.6 Å². The summed E-state index contributed by atoms with van der Waals surface area (Å²) in [5.41, 5.74) is 1.92. The molecule has 0 bridgehead atoms. The van der Waals surface area contributed by atoms with Gasteiger partial charge in [-0.2, -0.15) is 4.99 Å². The van der Waals surface area contributed by atoms with Gasteiger partial charge in [0.2, 0.25) is 0 Å². The minimum Gasteiger partial charge on any atom is -0.497 e. The molecule has 1 amide bonds. The van der Waals surface area contributed by atoms with E-state index in [1.807, 2.05) is 59.5 Å². The van der Waals surface area contributed by atoms with E-state index in [9.17, 15) is 13.2 Å². The van der Waals surface area contributed by atoms with Gasteiger partial charge < -0.3 is 9.64 Å². The molecule has 2 heterocycles. The minimum absolute atomic E-state index is 0.0819. The number of hydrogen-bond acceptors (Lipinski definition) is 5. The molecule has 0 radical (unpaired) electrons. The number of hydrogen-bond donors (Lipinski definition) is 0. The zero-order valence-electron chi connectivity index (χ0n) is 16.0. The first-order valence-corrected chi connectivity index (χ1v) is 12.1. The number of amides is 1. The predicted octanol–water partition coefficient (Wildman–Crippen LogP) is 2.53. The van der Waals surface area contributed by atoms with Gasteiger partial charge in [-0.15, -0.1) is 0 Å². The van der Waals surface area contributed by atoms with E-state index in [1.165, 1.54) is 11.8 Å². The van der Waals surface area contributed by atoms with Crippen molar-refractivity contribution in [3.63, 3.8) is 0 Å². The third-order valence-corrected chi connectivity index (χ3v) is 8.35. The van der Waals surface area contributed by atoms with Gasteiger partial charge in [0.05, 0.1) is 31.1 Å². The van der Waals surface area contributed by atoms with Gasteiger partial charge in [0, 0.05) is 11.8 Å². The maximum atomic E-state index is 12.5. The summed E-state index contributed by atoms with van der Waals surface area (Å²) in [7, 11) is -1.45. The van der Waals surface area contributed by atoms with Crippen LogP contribution in [0.5, 0.6) is 5.75 Å². The number of carbonyl (C=O) groups is 1. The summed E-state index contributed by atoms with van der Waals surface area (Å²) in [6, 6.07) is 17.0. The van der Waals surface area contributed by atoms with E-state index in [1.54, 1.807) is 7.11 Å². The van der Waals surface area contributed by atoms with E-state index < -0.39 is 9.84 Å². The third kappa shape index (κ3) is 4.64. The molecule has 0 saturated carbocycles. The van der Waals surface area contributed by atoms with E-state index in [-0.39, 0.29) is 35.1 Å². The summed E-state index contributed by atoms with van der Waals surface area (Å²) in [6.07, 6.45) is 0.231. The van der Waals surface area contributed by atoms with Gasteiger partial charge in [-0.3, -0.25) is 4.79 Å². The molecule has 2 aromatic carbocycles. The quantitative estimate of drug-likeness (QED) is 0.726. The lowest BCUT2D eigenvalue weighted by atomic mass is 10.1. The van der Waals surface area contributed by atoms with Crippen LogP contribution in [0.4, 0.5) is 0 Å². The molecule has 29 heavy (non-hydrogen) atoms. The van der Waals surface area contributed by atoms with E-state index in [0.717, 1.165) is 16.9 Å². The first-order valence-electron chi connectivity index (χ1n) is 9.35. The molecule has 0 unspecified atom stereocenters. The summed E-state index contributed by atoms with van der Waals surface area (Å²) in [4.78, 5) is 18.9. The van der Waals surface area contributed by atoms with E-state index in [4.69, 9.17) is 4.74 Å². The highest BCUT2D eigenvalue weighted by Gasteiger charge is 2.48. The van der Waals surface area contributed by atoms with Crippen LogP contribution in [-0.4, -0.2) is 54.3 Å². The molecular weight excluding hydrogens is 408 g/mol. The van der Waals surface area contributed by atoms with Gasteiger partial charge in [-0.05, 0) is 23.3 Å². The number of methoxy groups -OCH3 is 1. The van der Waals surface area contributed by atoms with Crippen molar-refractivity contribution < 1.29 is 17.9 Å². The fourth-order valence-electron chi connectivity index (χ4n) is 3.66. The van der Waals surface area contributed by atoms with Crippen LogP contribution < -0.4 is 4.74 Å². The van der Waals surface area contributed by atoms with Crippen LogP contribution >= 0.6 is 11.8 Å². The van der Waals surface area contributed by atoms with Crippen LogP contribution in [0.15, 0.2) is 59.6 Å². The zero-order chi connectivity index (χ0) is 20.4. The molecule has 4 rings (SSSR count). The lowest BCUT2D eigenvalue weighted by molar-refractivity contribution is -0.117. The maximum Gasteiger partial charge on any atom is 0.252 e. The number of benzene rings is 2. The van der Waals surface area contributed by atoms with E-state index in [0.29, 0.717) is 11.7 Å². The highest BCUT2D eigenvalue weighted by Crippen LogP contribution is 2.39. The Bertz CT molecular complexity index is 1020. The SMILES string of the molecule is COc1ccc(CN2C(=NC(=O)Cc3ccccc3)S[C@@H]3CS(=O)(=O)C[C@H]32)cc1. The molecule has 2 atom stereocenters. The van der Waals surface area contributed by atoms with Gasteiger partial charge in [0.25, 0.3) is 5.91 Å². The minimum atomic E-state index is -3.06. The summed E-state index contributed by atoms with van der Waals surface area (Å²) in [5.74, 6) is 0.777. The largest absolute Gasteiger partial charge is 0.497 e. The molecule has 0 aromatic heterocycles. The second-order valence-electron chi connectivity index (χ2n) is 7.23. The Morgan fingerprint density at radius 1 is 1.10 bits per heavy atom. The molecule has 0 spiro atoms. The number of carbonyl (C=O) groups excluding carboxylic acids is 1. The fourth-order valence-corrected chi connectivity index (χ4v) is 7.63. The molecule has 2 aliphatic rings. The third-order valence-electron chi connectivity index (χ3n) is 5.11. The molecule has 8 heteroatoms. The summed E-state index contributed by atoms with van der Waals surface area (Å²) < 4.78 is 29.5. The fraction of sp³-hybridized carbons (Fsp3) is 0.333. The number of nitrogens with zero attached hydrogens (tertiary/aromatic N) is 2. The normalized spacial score (nSPS) is 23.9. The Morgan fingerprint density at radius 3 is 2.52 bits per heavy atom. The summed E-state index contributed by atoms with van der Waals surface area (Å²) in [6.45, 7) is 0.505. The Labute approximate surface area is 174 Å². The summed E-state index contributed by atoms with van der Waals surface area (Å²) in [5, 5.41) is 0.535. The van der Waals surface area contributed by atoms with Crippen molar-refractivity contribution in [1.82, 2.24) is 4.90 Å². The van der Waals surface area contributed by atoms with Gasteiger partial charge >= 0.3 is 0 Å². The van der Waals surface area contributed by atoms with Crippen LogP contribution in [0.1, 0.15) is 11.1 Å². The number of aliphatic imine (C=N–C) groups is 1. The van der Waals surface area contributed by atoms with Crippen molar-refractivity contribution in [3.05, 3.63) is 65.7 Å². The average molecular weight is 431 g/mol. The lowest BCUT2D eigenvalue weighted by Crippen LogP contribution is -2.37. The first kappa shape index (κ1) is 20.0. The van der Waals surface area contributed by atoms with Gasteiger partial charge in [-0.1, -0.05) is 54.2 Å². The average Bonchev–Trinajstić information content (AvgIpc) is 3.15. The zero-order valence-corrected chi connectivity index (χ0v) is 17.7. The van der Waals surface area contributed by atoms with Gasteiger partial charge in [-0.25, -0.2) is 8.42 Å². The smallest absolute Gasteiger partial charge is 0.252 e. The monoisotopic (exact) mass is 430 g/mol. The number of sulfone groups is 1. The Balaban J connectivity index is 1.56. The molecule has 2 aliphatic heterocycles. The Kier molecular flexibility index (Phi) is 5.65. The number of thioether (sulfide) groups is 1. The van der Waals surface area contributed by atoms with Crippen molar-refractivity contribution >= 4 is 32.7 Å². The Morgan fingerprint density at radius 2 is 1.83 bits per heavy atom. The lowest BCUT2D eigenvalue weighted by Gasteiger charge is -2.24. The van der Waals surface area contributed by atoms with E-state index >= 15 is 0 Å². The van der Waals surface area contributed by atoms with Gasteiger partial charge in [0.1, 0.15) is 5.75 Å². The topological polar surface area (TPSA) is 76.0 Å². The highest BCUT2D eigenvalue weighted by atomic mass is 32.2.